The first-order valence-corrected chi connectivity index (χ1v) is 11.9. The van der Waals surface area contributed by atoms with Gasteiger partial charge in [-0.3, -0.25) is 0 Å². The summed E-state index contributed by atoms with van der Waals surface area (Å²) in [6, 6.07) is 8.54. The number of hydrogen-bond acceptors (Lipinski definition) is 5. The van der Waals surface area contributed by atoms with Crippen LogP contribution in [0.25, 0.3) is 0 Å². The molecule has 2 aromatic rings. The maximum absolute atomic E-state index is 6.53. The number of aliphatic imine (C=N–C) groups is 1. The van der Waals surface area contributed by atoms with E-state index in [4.69, 9.17) is 14.5 Å². The van der Waals surface area contributed by atoms with Crippen LogP contribution in [0.5, 0.6) is 5.75 Å². The first kappa shape index (κ1) is 25.7. The van der Waals surface area contributed by atoms with Crippen molar-refractivity contribution in [2.45, 2.75) is 70.6 Å². The van der Waals surface area contributed by atoms with E-state index in [0.29, 0.717) is 6.54 Å². The highest BCUT2D eigenvalue weighted by Gasteiger charge is 2.43. The number of halogens is 1. The van der Waals surface area contributed by atoms with Crippen molar-refractivity contribution in [2.75, 3.05) is 19.8 Å². The van der Waals surface area contributed by atoms with Gasteiger partial charge in [0.15, 0.2) is 11.8 Å². The fourth-order valence-electron chi connectivity index (χ4n) is 4.65. The average Bonchev–Trinajstić information content (AvgIpc) is 3.38. The zero-order valence-corrected chi connectivity index (χ0v) is 22.3. The number of nitrogens with one attached hydrogen (secondary N) is 2. The van der Waals surface area contributed by atoms with Crippen molar-refractivity contribution in [3.8, 4) is 5.75 Å². The van der Waals surface area contributed by atoms with Gasteiger partial charge in [0.25, 0.3) is 0 Å². The lowest BCUT2D eigenvalue weighted by Gasteiger charge is -2.40. The number of guanidine groups is 1. The second-order valence-electron chi connectivity index (χ2n) is 8.80. The van der Waals surface area contributed by atoms with Crippen LogP contribution in [-0.4, -0.2) is 46.1 Å². The summed E-state index contributed by atoms with van der Waals surface area (Å²) < 4.78 is 14.0. The number of ether oxygens (including phenoxy) is 2. The number of aromatic nitrogens is 3. The number of rotatable bonds is 8. The van der Waals surface area contributed by atoms with Crippen LogP contribution in [0.1, 0.15) is 68.7 Å². The topological polar surface area (TPSA) is 85.6 Å². The van der Waals surface area contributed by atoms with Crippen LogP contribution < -0.4 is 15.4 Å². The summed E-state index contributed by atoms with van der Waals surface area (Å²) in [4.78, 5) is 4.86. The molecule has 1 aliphatic carbocycles. The summed E-state index contributed by atoms with van der Waals surface area (Å²) in [7, 11) is 1.97. The third kappa shape index (κ3) is 6.38. The third-order valence-electron chi connectivity index (χ3n) is 6.55. The van der Waals surface area contributed by atoms with E-state index in [-0.39, 0.29) is 35.6 Å². The Balaban J connectivity index is 0.00000306. The Hall–Kier alpha value is -1.88. The summed E-state index contributed by atoms with van der Waals surface area (Å²) in [5, 5.41) is 15.6. The van der Waals surface area contributed by atoms with E-state index >= 15 is 0 Å². The number of benzene rings is 1. The maximum atomic E-state index is 6.53. The number of nitrogens with zero attached hydrogens (tertiary/aromatic N) is 4. The van der Waals surface area contributed by atoms with Gasteiger partial charge in [0.2, 0.25) is 0 Å². The molecule has 0 bridgehead atoms. The van der Waals surface area contributed by atoms with Crippen LogP contribution in [0.4, 0.5) is 0 Å². The highest BCUT2D eigenvalue weighted by molar-refractivity contribution is 14.0. The van der Waals surface area contributed by atoms with Gasteiger partial charge < -0.3 is 24.7 Å². The standard InChI is InChI=1S/C24H36N6O2.HI/c1-4-31-15-9-14-25-23(26-17-22-29-28-18(2)30(22)3)27-20-16-24(12-7-8-13-24)32-21-11-6-5-10-19(20)21;/h5-6,10-11,20H,4,7-9,12-17H2,1-3H3,(H2,25,26,27);1H. The number of fused-ring (bicyclic) bond motifs is 1. The van der Waals surface area contributed by atoms with Crippen molar-refractivity contribution < 1.29 is 9.47 Å². The zero-order chi connectivity index (χ0) is 22.4. The van der Waals surface area contributed by atoms with Crippen LogP contribution in [-0.2, 0) is 18.3 Å². The molecule has 4 rings (SSSR count). The van der Waals surface area contributed by atoms with E-state index in [1.807, 2.05) is 25.5 Å². The molecule has 2 heterocycles. The molecule has 1 aromatic heterocycles. The Morgan fingerprint density at radius 2 is 2.06 bits per heavy atom. The Morgan fingerprint density at radius 3 is 2.79 bits per heavy atom. The van der Waals surface area contributed by atoms with Gasteiger partial charge >= 0.3 is 0 Å². The molecule has 8 nitrogen and oxygen atoms in total. The van der Waals surface area contributed by atoms with Crippen molar-refractivity contribution in [3.63, 3.8) is 0 Å². The van der Waals surface area contributed by atoms with Gasteiger partial charge in [0, 0.05) is 38.8 Å². The van der Waals surface area contributed by atoms with E-state index in [2.05, 4.69) is 45.1 Å². The Morgan fingerprint density at radius 1 is 1.27 bits per heavy atom. The molecule has 2 aliphatic rings. The lowest BCUT2D eigenvalue weighted by molar-refractivity contribution is 0.0396. The molecule has 0 amide bonds. The lowest BCUT2D eigenvalue weighted by Crippen LogP contribution is -2.47. The highest BCUT2D eigenvalue weighted by atomic mass is 127. The Labute approximate surface area is 214 Å². The Kier molecular flexibility index (Phi) is 9.37. The summed E-state index contributed by atoms with van der Waals surface area (Å²) in [6.07, 6.45) is 6.57. The van der Waals surface area contributed by atoms with Crippen LogP contribution >= 0.6 is 24.0 Å². The minimum absolute atomic E-state index is 0. The molecule has 1 atom stereocenters. The SMILES string of the molecule is CCOCCCNC(=NCc1nnc(C)n1C)NC1CC2(CCCC2)Oc2ccccc21.I. The van der Waals surface area contributed by atoms with Crippen LogP contribution in [0, 0.1) is 6.92 Å². The minimum atomic E-state index is -0.0627. The normalized spacial score (nSPS) is 19.0. The van der Waals surface area contributed by atoms with Crippen molar-refractivity contribution in [3.05, 3.63) is 41.5 Å². The molecular weight excluding hydrogens is 531 g/mol. The number of aryl methyl sites for hydroxylation is 1. The van der Waals surface area contributed by atoms with Crippen molar-refractivity contribution in [2.24, 2.45) is 12.0 Å². The van der Waals surface area contributed by atoms with E-state index in [1.165, 1.54) is 18.4 Å². The molecule has 1 unspecified atom stereocenters. The second-order valence-corrected chi connectivity index (χ2v) is 8.80. The van der Waals surface area contributed by atoms with Crippen molar-refractivity contribution in [1.29, 1.82) is 0 Å². The monoisotopic (exact) mass is 568 g/mol. The number of hydrogen-bond donors (Lipinski definition) is 2. The molecule has 0 saturated heterocycles. The summed E-state index contributed by atoms with van der Waals surface area (Å²) >= 11 is 0. The molecule has 9 heteroatoms. The predicted molar refractivity (Wildman–Crippen MR) is 140 cm³/mol. The van der Waals surface area contributed by atoms with Crippen LogP contribution in [0.2, 0.25) is 0 Å². The molecule has 1 aromatic carbocycles. The van der Waals surface area contributed by atoms with E-state index in [0.717, 1.165) is 68.8 Å². The van der Waals surface area contributed by atoms with Crippen LogP contribution in [0.3, 0.4) is 0 Å². The first-order chi connectivity index (χ1) is 15.6. The molecule has 1 aliphatic heterocycles. The fraction of sp³-hybridized carbons (Fsp3) is 0.625. The average molecular weight is 569 g/mol. The predicted octanol–water partition coefficient (Wildman–Crippen LogP) is 4.04. The maximum Gasteiger partial charge on any atom is 0.192 e. The summed E-state index contributed by atoms with van der Waals surface area (Å²) in [5.74, 6) is 3.52. The van der Waals surface area contributed by atoms with Gasteiger partial charge in [0.1, 0.15) is 23.7 Å². The van der Waals surface area contributed by atoms with E-state index in [9.17, 15) is 0 Å². The van der Waals surface area contributed by atoms with Crippen molar-refractivity contribution >= 4 is 29.9 Å². The van der Waals surface area contributed by atoms with Gasteiger partial charge in [0.05, 0.1) is 6.04 Å². The number of para-hydroxylation sites is 1. The molecule has 2 N–H and O–H groups in total. The molecule has 1 fully saturated rings. The van der Waals surface area contributed by atoms with Gasteiger partial charge in [-0.1, -0.05) is 18.2 Å². The second kappa shape index (κ2) is 12.0. The van der Waals surface area contributed by atoms with Crippen LogP contribution in [0.15, 0.2) is 29.3 Å². The largest absolute Gasteiger partial charge is 0.487 e. The van der Waals surface area contributed by atoms with Gasteiger partial charge in [-0.15, -0.1) is 34.2 Å². The highest BCUT2D eigenvalue weighted by Crippen LogP contribution is 2.46. The van der Waals surface area contributed by atoms with E-state index in [1.54, 1.807) is 0 Å². The smallest absolute Gasteiger partial charge is 0.192 e. The minimum Gasteiger partial charge on any atom is -0.487 e. The molecule has 33 heavy (non-hydrogen) atoms. The third-order valence-corrected chi connectivity index (χ3v) is 6.55. The van der Waals surface area contributed by atoms with E-state index < -0.39 is 0 Å². The first-order valence-electron chi connectivity index (χ1n) is 11.9. The van der Waals surface area contributed by atoms with Crippen molar-refractivity contribution in [1.82, 2.24) is 25.4 Å². The lowest BCUT2D eigenvalue weighted by atomic mass is 9.86. The quantitative estimate of drug-likeness (QED) is 0.217. The Bertz CT molecular complexity index is 925. The van der Waals surface area contributed by atoms with Gasteiger partial charge in [-0.05, 0) is 52.0 Å². The molecule has 182 valence electrons. The molecule has 1 saturated carbocycles. The zero-order valence-electron chi connectivity index (χ0n) is 20.0. The summed E-state index contributed by atoms with van der Waals surface area (Å²) in [5.41, 5.74) is 1.13. The van der Waals surface area contributed by atoms with Gasteiger partial charge in [-0.25, -0.2) is 4.99 Å². The molecule has 1 spiro atoms. The van der Waals surface area contributed by atoms with Gasteiger partial charge in [-0.2, -0.15) is 0 Å². The molecular formula is C24H37IN6O2. The fourth-order valence-corrected chi connectivity index (χ4v) is 4.65. The summed E-state index contributed by atoms with van der Waals surface area (Å²) in [6.45, 7) is 6.71. The molecule has 0 radical (unpaired) electrons.